The molecule has 0 aromatic heterocycles. The van der Waals surface area contributed by atoms with Crippen molar-refractivity contribution in [2.45, 2.75) is 10.9 Å². The Balaban J connectivity index is 2.23. The number of nitrogens with zero attached hydrogens (tertiary/aromatic N) is 2. The van der Waals surface area contributed by atoms with Gasteiger partial charge in [-0.1, -0.05) is 0 Å². The summed E-state index contributed by atoms with van der Waals surface area (Å²) >= 11 is 0. The number of nitro groups is 1. The van der Waals surface area contributed by atoms with Crippen molar-refractivity contribution in [2.75, 3.05) is 20.7 Å². The predicted molar refractivity (Wildman–Crippen MR) is 92.8 cm³/mol. The minimum Gasteiger partial charge on any atom is -0.496 e. The Hall–Kier alpha value is -2.56. The zero-order valence-electron chi connectivity index (χ0n) is 14.1. The standard InChI is InChI=1S/C16H18FN3O5S/c1-19(10-15(18)14-9-11(17)3-8-16(14)25-2)26(23,24)13-6-4-12(5-7-13)20(21)22/h3-9,15H,10,18H2,1-2H3/t15-/m1/s1. The molecule has 0 saturated heterocycles. The number of likely N-dealkylation sites (N-methyl/N-ethyl adjacent to an activating group) is 1. The van der Waals surface area contributed by atoms with Crippen molar-refractivity contribution in [3.05, 3.63) is 64.0 Å². The average molecular weight is 383 g/mol. The Labute approximate surface area is 150 Å². The minimum atomic E-state index is -3.92. The van der Waals surface area contributed by atoms with E-state index in [1.165, 1.54) is 32.4 Å². The van der Waals surface area contributed by atoms with Gasteiger partial charge in [0.25, 0.3) is 5.69 Å². The molecule has 0 aliphatic heterocycles. The summed E-state index contributed by atoms with van der Waals surface area (Å²) in [6, 6.07) is 7.50. The SMILES string of the molecule is COc1ccc(F)cc1[C@H](N)CN(C)S(=O)(=O)c1ccc([N+](=O)[O-])cc1. The van der Waals surface area contributed by atoms with Crippen molar-refractivity contribution in [3.8, 4) is 5.75 Å². The van der Waals surface area contributed by atoms with E-state index in [2.05, 4.69) is 0 Å². The topological polar surface area (TPSA) is 116 Å². The zero-order valence-corrected chi connectivity index (χ0v) is 14.9. The van der Waals surface area contributed by atoms with Crippen LogP contribution in [0.2, 0.25) is 0 Å². The van der Waals surface area contributed by atoms with Gasteiger partial charge in [0.15, 0.2) is 0 Å². The quantitative estimate of drug-likeness (QED) is 0.578. The number of benzene rings is 2. The van der Waals surface area contributed by atoms with Crippen molar-refractivity contribution in [1.29, 1.82) is 0 Å². The Kier molecular flexibility index (Phi) is 5.90. The summed E-state index contributed by atoms with van der Waals surface area (Å²) in [4.78, 5) is 9.95. The number of sulfonamides is 1. The monoisotopic (exact) mass is 383 g/mol. The molecule has 1 atom stereocenters. The first-order chi connectivity index (χ1) is 12.2. The summed E-state index contributed by atoms with van der Waals surface area (Å²) in [7, 11) is -1.19. The fourth-order valence-electron chi connectivity index (χ4n) is 2.39. The van der Waals surface area contributed by atoms with E-state index < -0.39 is 26.8 Å². The van der Waals surface area contributed by atoms with Crippen molar-refractivity contribution < 1.29 is 22.5 Å². The lowest BCUT2D eigenvalue weighted by atomic mass is 10.1. The molecule has 2 rings (SSSR count). The number of hydrogen-bond acceptors (Lipinski definition) is 6. The molecule has 0 radical (unpaired) electrons. The first-order valence-corrected chi connectivity index (χ1v) is 8.90. The molecule has 0 amide bonds. The molecule has 0 fully saturated rings. The molecule has 0 unspecified atom stereocenters. The second kappa shape index (κ2) is 7.77. The Morgan fingerprint density at radius 2 is 1.88 bits per heavy atom. The fraction of sp³-hybridized carbons (Fsp3) is 0.250. The maximum atomic E-state index is 13.5. The maximum absolute atomic E-state index is 13.5. The number of nitrogens with two attached hydrogens (primary N) is 1. The van der Waals surface area contributed by atoms with Gasteiger partial charge in [-0.2, -0.15) is 4.31 Å². The molecule has 2 aromatic rings. The lowest BCUT2D eigenvalue weighted by molar-refractivity contribution is -0.384. The van der Waals surface area contributed by atoms with E-state index in [0.29, 0.717) is 11.3 Å². The zero-order chi connectivity index (χ0) is 19.5. The smallest absolute Gasteiger partial charge is 0.269 e. The second-order valence-corrected chi connectivity index (χ2v) is 7.57. The molecule has 2 N–H and O–H groups in total. The van der Waals surface area contributed by atoms with Gasteiger partial charge in [0, 0.05) is 37.3 Å². The Morgan fingerprint density at radius 1 is 1.27 bits per heavy atom. The third-order valence-corrected chi connectivity index (χ3v) is 5.64. The van der Waals surface area contributed by atoms with Crippen LogP contribution in [0.25, 0.3) is 0 Å². The number of methoxy groups -OCH3 is 1. The highest BCUT2D eigenvalue weighted by molar-refractivity contribution is 7.89. The van der Waals surface area contributed by atoms with Gasteiger partial charge in [-0.15, -0.1) is 0 Å². The van der Waals surface area contributed by atoms with Crippen molar-refractivity contribution in [1.82, 2.24) is 4.31 Å². The summed E-state index contributed by atoms with van der Waals surface area (Å²) in [5, 5.41) is 10.7. The maximum Gasteiger partial charge on any atom is 0.269 e. The van der Waals surface area contributed by atoms with E-state index >= 15 is 0 Å². The third-order valence-electron chi connectivity index (χ3n) is 3.80. The van der Waals surface area contributed by atoms with Gasteiger partial charge in [0.1, 0.15) is 11.6 Å². The molecule has 0 spiro atoms. The Morgan fingerprint density at radius 3 is 2.42 bits per heavy atom. The van der Waals surface area contributed by atoms with Crippen molar-refractivity contribution in [2.24, 2.45) is 5.73 Å². The van der Waals surface area contributed by atoms with Gasteiger partial charge in [-0.25, -0.2) is 12.8 Å². The van der Waals surface area contributed by atoms with Gasteiger partial charge < -0.3 is 10.5 Å². The van der Waals surface area contributed by atoms with E-state index in [1.807, 2.05) is 0 Å². The third kappa shape index (κ3) is 4.15. The first kappa shape index (κ1) is 19.8. The van der Waals surface area contributed by atoms with E-state index in [9.17, 15) is 22.9 Å². The van der Waals surface area contributed by atoms with Crippen molar-refractivity contribution >= 4 is 15.7 Å². The fourth-order valence-corrected chi connectivity index (χ4v) is 3.58. The van der Waals surface area contributed by atoms with Crippen LogP contribution in [-0.2, 0) is 10.0 Å². The summed E-state index contributed by atoms with van der Waals surface area (Å²) in [6.07, 6.45) is 0. The van der Waals surface area contributed by atoms with E-state index in [4.69, 9.17) is 10.5 Å². The van der Waals surface area contributed by atoms with Crippen LogP contribution in [0.15, 0.2) is 47.4 Å². The van der Waals surface area contributed by atoms with Crippen LogP contribution in [0.1, 0.15) is 11.6 Å². The number of non-ortho nitro benzene ring substituents is 1. The number of halogens is 1. The highest BCUT2D eigenvalue weighted by Crippen LogP contribution is 2.26. The second-order valence-electron chi connectivity index (χ2n) is 5.53. The van der Waals surface area contributed by atoms with Crippen LogP contribution in [0.3, 0.4) is 0 Å². The molecule has 0 heterocycles. The largest absolute Gasteiger partial charge is 0.496 e. The normalized spacial score (nSPS) is 12.8. The minimum absolute atomic E-state index is 0.107. The van der Waals surface area contributed by atoms with Crippen LogP contribution in [0.4, 0.5) is 10.1 Å². The molecule has 2 aromatic carbocycles. The van der Waals surface area contributed by atoms with Crippen LogP contribution >= 0.6 is 0 Å². The van der Waals surface area contributed by atoms with Gasteiger partial charge in [0.2, 0.25) is 10.0 Å². The number of rotatable bonds is 7. The molecule has 0 saturated carbocycles. The summed E-state index contributed by atoms with van der Waals surface area (Å²) < 4.78 is 44.8. The molecule has 0 aliphatic carbocycles. The van der Waals surface area contributed by atoms with Crippen LogP contribution < -0.4 is 10.5 Å². The average Bonchev–Trinajstić information content (AvgIpc) is 2.61. The van der Waals surface area contributed by atoms with E-state index in [-0.39, 0.29) is 17.1 Å². The molecule has 0 bridgehead atoms. The predicted octanol–water partition coefficient (Wildman–Crippen LogP) is 2.06. The molecule has 0 aliphatic rings. The van der Waals surface area contributed by atoms with Gasteiger partial charge in [0.05, 0.1) is 16.9 Å². The first-order valence-electron chi connectivity index (χ1n) is 7.46. The summed E-state index contributed by atoms with van der Waals surface area (Å²) in [5.74, 6) is -0.169. The lowest BCUT2D eigenvalue weighted by Gasteiger charge is -2.22. The number of nitro benzene ring substituents is 1. The molecule has 140 valence electrons. The molecular weight excluding hydrogens is 365 g/mol. The molecule has 26 heavy (non-hydrogen) atoms. The van der Waals surface area contributed by atoms with Crippen LogP contribution in [-0.4, -0.2) is 38.3 Å². The number of ether oxygens (including phenoxy) is 1. The Bertz CT molecular complexity index is 903. The van der Waals surface area contributed by atoms with Gasteiger partial charge >= 0.3 is 0 Å². The highest BCUT2D eigenvalue weighted by atomic mass is 32.2. The van der Waals surface area contributed by atoms with Crippen LogP contribution in [0, 0.1) is 15.9 Å². The molecule has 10 heteroatoms. The molecule has 8 nitrogen and oxygen atoms in total. The van der Waals surface area contributed by atoms with Crippen LogP contribution in [0.5, 0.6) is 5.75 Å². The summed E-state index contributed by atoms with van der Waals surface area (Å²) in [5.41, 5.74) is 6.15. The van der Waals surface area contributed by atoms with E-state index in [0.717, 1.165) is 28.6 Å². The van der Waals surface area contributed by atoms with Gasteiger partial charge in [-0.3, -0.25) is 10.1 Å². The van der Waals surface area contributed by atoms with Gasteiger partial charge in [-0.05, 0) is 30.3 Å². The molecular formula is C16H18FN3O5S. The van der Waals surface area contributed by atoms with Crippen molar-refractivity contribution in [3.63, 3.8) is 0 Å². The highest BCUT2D eigenvalue weighted by Gasteiger charge is 2.25. The number of hydrogen-bond donors (Lipinski definition) is 1. The lowest BCUT2D eigenvalue weighted by Crippen LogP contribution is -2.34. The summed E-state index contributed by atoms with van der Waals surface area (Å²) in [6.45, 7) is -0.140. The van der Waals surface area contributed by atoms with E-state index in [1.54, 1.807) is 0 Å².